The Morgan fingerprint density at radius 2 is 1.74 bits per heavy atom. The van der Waals surface area contributed by atoms with Gasteiger partial charge in [0.05, 0.1) is 10.6 Å². The van der Waals surface area contributed by atoms with E-state index in [4.69, 9.17) is 0 Å². The smallest absolute Gasteiger partial charge is 0.265 e. The lowest BCUT2D eigenvalue weighted by Gasteiger charge is -2.29. The third-order valence-electron chi connectivity index (χ3n) is 6.22. The van der Waals surface area contributed by atoms with E-state index < -0.39 is 16.1 Å². The van der Waals surface area contributed by atoms with Gasteiger partial charge in [-0.15, -0.1) is 0 Å². The highest BCUT2D eigenvalue weighted by Gasteiger charge is 2.35. The van der Waals surface area contributed by atoms with Crippen molar-refractivity contribution in [3.05, 3.63) is 70.7 Å². The van der Waals surface area contributed by atoms with Gasteiger partial charge in [0.1, 0.15) is 6.04 Å². The van der Waals surface area contributed by atoms with E-state index in [1.165, 1.54) is 4.31 Å². The van der Waals surface area contributed by atoms with Crippen LogP contribution in [0.5, 0.6) is 0 Å². The van der Waals surface area contributed by atoms with E-state index in [0.29, 0.717) is 23.5 Å². The summed E-state index contributed by atoms with van der Waals surface area (Å²) in [5.74, 6) is -0.416. The molecule has 0 aromatic heterocycles. The van der Waals surface area contributed by atoms with Crippen molar-refractivity contribution >= 4 is 54.2 Å². The second kappa shape index (κ2) is 10.4. The molecule has 0 unspecified atom stereocenters. The number of hydrogen-bond donors (Lipinski definition) is 1. The number of sulfonamides is 1. The minimum Gasteiger partial charge on any atom is -0.355 e. The molecule has 35 heavy (non-hydrogen) atoms. The average molecular weight is 558 g/mol. The predicted molar refractivity (Wildman–Crippen MR) is 141 cm³/mol. The summed E-state index contributed by atoms with van der Waals surface area (Å²) in [6, 6.07) is 17.8. The van der Waals surface area contributed by atoms with Crippen molar-refractivity contribution in [2.45, 2.75) is 44.2 Å². The highest BCUT2D eigenvalue weighted by Crippen LogP contribution is 2.42. The molecule has 1 atom stereocenters. The predicted octanol–water partition coefficient (Wildman–Crippen LogP) is 4.44. The van der Waals surface area contributed by atoms with E-state index in [-0.39, 0.29) is 31.3 Å². The lowest BCUT2D eigenvalue weighted by atomic mass is 10.1. The third-order valence-corrected chi connectivity index (χ3v) is 8.60. The number of hydrogen-bond acceptors (Lipinski definition) is 4. The molecule has 0 radical (unpaired) electrons. The minimum atomic E-state index is -3.67. The summed E-state index contributed by atoms with van der Waals surface area (Å²) < 4.78 is 28.7. The molecule has 0 bridgehead atoms. The fourth-order valence-corrected chi connectivity index (χ4v) is 6.42. The first-order chi connectivity index (χ1) is 16.7. The van der Waals surface area contributed by atoms with Gasteiger partial charge in [-0.25, -0.2) is 8.42 Å². The minimum absolute atomic E-state index is 0.124. The van der Waals surface area contributed by atoms with E-state index in [0.717, 1.165) is 20.8 Å². The van der Waals surface area contributed by atoms with E-state index in [1.807, 2.05) is 49.4 Å². The van der Waals surface area contributed by atoms with Crippen molar-refractivity contribution in [3.8, 4) is 0 Å². The summed E-state index contributed by atoms with van der Waals surface area (Å²) in [6.07, 6.45) is 0.458. The van der Waals surface area contributed by atoms with Gasteiger partial charge in [0.25, 0.3) is 10.0 Å². The van der Waals surface area contributed by atoms with E-state index in [2.05, 4.69) is 21.2 Å². The van der Waals surface area contributed by atoms with Crippen LogP contribution in [0.2, 0.25) is 0 Å². The SMILES string of the molecule is CCNC(=O)[C@@H](C)N(Cc1ccc(Br)cc1)C(=O)CCCN1c2cccc3cccc(c23)S1(=O)=O. The van der Waals surface area contributed by atoms with Crippen LogP contribution in [0.1, 0.15) is 32.3 Å². The zero-order valence-electron chi connectivity index (χ0n) is 19.7. The number of nitrogens with one attached hydrogen (secondary N) is 1. The number of halogens is 1. The summed E-state index contributed by atoms with van der Waals surface area (Å²) in [5, 5.41) is 4.38. The van der Waals surface area contributed by atoms with E-state index >= 15 is 0 Å². The molecule has 3 aromatic carbocycles. The third kappa shape index (κ3) is 5.06. The van der Waals surface area contributed by atoms with Crippen LogP contribution in [0.4, 0.5) is 5.69 Å². The number of carbonyl (C=O) groups excluding carboxylic acids is 2. The Kier molecular flexibility index (Phi) is 7.47. The number of nitrogens with zero attached hydrogens (tertiary/aromatic N) is 2. The number of likely N-dealkylation sites (N-methyl/N-ethyl adjacent to an activating group) is 1. The molecule has 0 spiro atoms. The molecule has 3 aromatic rings. The summed E-state index contributed by atoms with van der Waals surface area (Å²) in [7, 11) is -3.67. The zero-order valence-corrected chi connectivity index (χ0v) is 22.1. The van der Waals surface area contributed by atoms with Crippen molar-refractivity contribution in [2.24, 2.45) is 0 Å². The highest BCUT2D eigenvalue weighted by atomic mass is 79.9. The van der Waals surface area contributed by atoms with E-state index in [1.54, 1.807) is 30.0 Å². The Hall–Kier alpha value is -2.91. The molecule has 0 saturated heterocycles. The second-order valence-corrected chi connectivity index (χ2v) is 11.3. The number of carbonyl (C=O) groups is 2. The first kappa shape index (κ1) is 25.2. The fraction of sp³-hybridized carbons (Fsp3) is 0.308. The lowest BCUT2D eigenvalue weighted by Crippen LogP contribution is -2.47. The van der Waals surface area contributed by atoms with Gasteiger partial charge in [-0.3, -0.25) is 13.9 Å². The molecule has 7 nitrogen and oxygen atoms in total. The maximum Gasteiger partial charge on any atom is 0.265 e. The monoisotopic (exact) mass is 557 g/mol. The van der Waals surface area contributed by atoms with Crippen molar-refractivity contribution in [1.29, 1.82) is 0 Å². The van der Waals surface area contributed by atoms with Gasteiger partial charge in [0.2, 0.25) is 11.8 Å². The summed E-state index contributed by atoms with van der Waals surface area (Å²) in [5.41, 5.74) is 1.55. The van der Waals surface area contributed by atoms with Crippen LogP contribution >= 0.6 is 15.9 Å². The average Bonchev–Trinajstić information content (AvgIpc) is 3.06. The molecule has 0 saturated carbocycles. The van der Waals surface area contributed by atoms with Crippen LogP contribution in [-0.4, -0.2) is 44.3 Å². The number of benzene rings is 3. The molecule has 184 valence electrons. The molecule has 1 aliphatic heterocycles. The van der Waals surface area contributed by atoms with E-state index in [9.17, 15) is 18.0 Å². The number of amides is 2. The van der Waals surface area contributed by atoms with Crippen molar-refractivity contribution < 1.29 is 18.0 Å². The number of rotatable bonds is 9. The Morgan fingerprint density at radius 3 is 2.43 bits per heavy atom. The Bertz CT molecular complexity index is 1350. The van der Waals surface area contributed by atoms with Gasteiger partial charge in [-0.1, -0.05) is 52.3 Å². The molecule has 0 fully saturated rings. The van der Waals surface area contributed by atoms with Gasteiger partial charge in [-0.05, 0) is 55.5 Å². The first-order valence-electron chi connectivity index (χ1n) is 11.6. The fourth-order valence-electron chi connectivity index (χ4n) is 4.41. The van der Waals surface area contributed by atoms with Crippen molar-refractivity contribution in [1.82, 2.24) is 10.2 Å². The molecule has 1 heterocycles. The van der Waals surface area contributed by atoms with Gasteiger partial charge >= 0.3 is 0 Å². The van der Waals surface area contributed by atoms with Crippen LogP contribution in [0.3, 0.4) is 0 Å². The van der Waals surface area contributed by atoms with Gasteiger partial charge < -0.3 is 10.2 Å². The molecular weight excluding hydrogens is 530 g/mol. The standard InChI is InChI=1S/C26H28BrN3O4S/c1-3-28-26(32)18(2)29(17-19-12-14-21(27)15-13-19)24(31)11-6-16-30-22-9-4-7-20-8-5-10-23(25(20)22)35(30,33)34/h4-5,7-10,12-15,18H,3,6,11,16-17H2,1-2H3,(H,28,32)/t18-/m1/s1. The van der Waals surface area contributed by atoms with Crippen molar-refractivity contribution in [3.63, 3.8) is 0 Å². The molecule has 4 rings (SSSR count). The summed E-state index contributed by atoms with van der Waals surface area (Å²) >= 11 is 3.41. The van der Waals surface area contributed by atoms with Crippen LogP contribution in [0.15, 0.2) is 70.0 Å². The zero-order chi connectivity index (χ0) is 25.2. The van der Waals surface area contributed by atoms with Gasteiger partial charge in [0, 0.05) is 35.9 Å². The first-order valence-corrected chi connectivity index (χ1v) is 13.8. The molecule has 1 N–H and O–H groups in total. The quantitative estimate of drug-likeness (QED) is 0.421. The summed E-state index contributed by atoms with van der Waals surface area (Å²) in [4.78, 5) is 27.7. The Labute approximate surface area is 214 Å². The topological polar surface area (TPSA) is 86.8 Å². The van der Waals surface area contributed by atoms with Crippen LogP contribution in [0.25, 0.3) is 10.8 Å². The lowest BCUT2D eigenvalue weighted by molar-refractivity contribution is -0.140. The number of anilines is 1. The van der Waals surface area contributed by atoms with Gasteiger partial charge in [-0.2, -0.15) is 0 Å². The Morgan fingerprint density at radius 1 is 1.06 bits per heavy atom. The molecule has 9 heteroatoms. The maximum absolute atomic E-state index is 13.3. The Balaban J connectivity index is 1.49. The van der Waals surface area contributed by atoms with Gasteiger partial charge in [0.15, 0.2) is 0 Å². The molecular formula is C26H28BrN3O4S. The highest BCUT2D eigenvalue weighted by molar-refractivity contribution is 9.10. The molecule has 0 aliphatic carbocycles. The maximum atomic E-state index is 13.3. The van der Waals surface area contributed by atoms with Crippen molar-refractivity contribution in [2.75, 3.05) is 17.4 Å². The summed E-state index contributed by atoms with van der Waals surface area (Å²) in [6.45, 7) is 4.49. The largest absolute Gasteiger partial charge is 0.355 e. The molecule has 2 amide bonds. The van der Waals surface area contributed by atoms with Crippen LogP contribution in [-0.2, 0) is 26.2 Å². The normalized spacial score (nSPS) is 14.7. The molecule has 1 aliphatic rings. The van der Waals surface area contributed by atoms with Crippen LogP contribution < -0.4 is 9.62 Å². The van der Waals surface area contributed by atoms with Crippen LogP contribution in [0, 0.1) is 0 Å². The second-order valence-electron chi connectivity index (χ2n) is 8.53.